The molecule has 0 aromatic heterocycles. The van der Waals surface area contributed by atoms with Crippen molar-refractivity contribution in [3.63, 3.8) is 0 Å². The van der Waals surface area contributed by atoms with Gasteiger partial charge in [0, 0.05) is 5.92 Å². The van der Waals surface area contributed by atoms with E-state index in [1.165, 1.54) is 0 Å². The molecular weight excluding hydrogens is 196 g/mol. The summed E-state index contributed by atoms with van der Waals surface area (Å²) in [5.41, 5.74) is 0. The molecule has 1 saturated heterocycles. The van der Waals surface area contributed by atoms with Crippen LogP contribution in [0.15, 0.2) is 0 Å². The van der Waals surface area contributed by atoms with Gasteiger partial charge in [-0.1, -0.05) is 6.92 Å². The zero-order valence-corrected chi connectivity index (χ0v) is 9.32. The summed E-state index contributed by atoms with van der Waals surface area (Å²) < 4.78 is 9.89. The van der Waals surface area contributed by atoms with Gasteiger partial charge in [-0.2, -0.15) is 0 Å². The van der Waals surface area contributed by atoms with Crippen molar-refractivity contribution in [1.82, 2.24) is 0 Å². The number of hydrogen-bond donors (Lipinski definition) is 0. The van der Waals surface area contributed by atoms with Crippen molar-refractivity contribution in [3.8, 4) is 0 Å². The lowest BCUT2D eigenvalue weighted by Gasteiger charge is -2.26. The topological polar surface area (TPSA) is 52.6 Å². The lowest BCUT2D eigenvalue weighted by Crippen LogP contribution is -2.31. The third-order valence-corrected chi connectivity index (χ3v) is 2.67. The fourth-order valence-electron chi connectivity index (χ4n) is 1.82. The average molecular weight is 214 g/mol. The molecule has 0 amide bonds. The Morgan fingerprint density at radius 3 is 2.87 bits per heavy atom. The van der Waals surface area contributed by atoms with Crippen molar-refractivity contribution in [2.24, 2.45) is 11.8 Å². The van der Waals surface area contributed by atoms with Gasteiger partial charge in [0.1, 0.15) is 0 Å². The summed E-state index contributed by atoms with van der Waals surface area (Å²) in [6.45, 7) is 4.50. The maximum Gasteiger partial charge on any atom is 0.308 e. The predicted molar refractivity (Wildman–Crippen MR) is 54.1 cm³/mol. The molecule has 15 heavy (non-hydrogen) atoms. The van der Waals surface area contributed by atoms with E-state index in [-0.39, 0.29) is 23.8 Å². The number of cyclic esters (lactones) is 1. The van der Waals surface area contributed by atoms with Crippen LogP contribution in [0.2, 0.25) is 0 Å². The highest BCUT2D eigenvalue weighted by Gasteiger charge is 2.30. The first-order chi connectivity index (χ1) is 7.17. The standard InChI is InChI=1S/C11H18O4/c1-3-9-5-8(7-15-11(9)13)6-10(12)14-4-2/h8-9H,3-7H2,1-2H3/t8?,9-/m1/s1. The lowest BCUT2D eigenvalue weighted by atomic mass is 9.89. The molecule has 0 saturated carbocycles. The molecule has 1 aliphatic rings. The summed E-state index contributed by atoms with van der Waals surface area (Å²) in [6.07, 6.45) is 1.88. The van der Waals surface area contributed by atoms with Gasteiger partial charge in [0.15, 0.2) is 0 Å². The Labute approximate surface area is 89.9 Å². The first kappa shape index (κ1) is 12.0. The highest BCUT2D eigenvalue weighted by atomic mass is 16.5. The van der Waals surface area contributed by atoms with Crippen molar-refractivity contribution < 1.29 is 19.1 Å². The number of rotatable bonds is 4. The van der Waals surface area contributed by atoms with Crippen molar-refractivity contribution >= 4 is 11.9 Å². The zero-order chi connectivity index (χ0) is 11.3. The Kier molecular flexibility index (Phi) is 4.59. The van der Waals surface area contributed by atoms with E-state index in [0.717, 1.165) is 12.8 Å². The van der Waals surface area contributed by atoms with Crippen LogP contribution in [0.25, 0.3) is 0 Å². The third-order valence-electron chi connectivity index (χ3n) is 2.67. The molecule has 0 aromatic rings. The molecular formula is C11H18O4. The number of carbonyl (C=O) groups excluding carboxylic acids is 2. The minimum atomic E-state index is -0.199. The Morgan fingerprint density at radius 1 is 1.53 bits per heavy atom. The second kappa shape index (κ2) is 5.73. The molecule has 0 radical (unpaired) electrons. The molecule has 4 heteroatoms. The van der Waals surface area contributed by atoms with Gasteiger partial charge in [-0.15, -0.1) is 0 Å². The quantitative estimate of drug-likeness (QED) is 0.666. The minimum Gasteiger partial charge on any atom is -0.466 e. The SMILES string of the molecule is CCOC(=O)CC1COC(=O)[C@H](CC)C1. The van der Waals surface area contributed by atoms with Crippen molar-refractivity contribution in [2.75, 3.05) is 13.2 Å². The van der Waals surface area contributed by atoms with Crippen LogP contribution in [0, 0.1) is 11.8 Å². The van der Waals surface area contributed by atoms with Crippen LogP contribution in [-0.4, -0.2) is 25.2 Å². The van der Waals surface area contributed by atoms with E-state index in [4.69, 9.17) is 9.47 Å². The molecule has 2 atom stereocenters. The largest absolute Gasteiger partial charge is 0.466 e. The molecule has 1 rings (SSSR count). The predicted octanol–water partition coefficient (Wildman–Crippen LogP) is 1.53. The fraction of sp³-hybridized carbons (Fsp3) is 0.818. The summed E-state index contributed by atoms with van der Waals surface area (Å²) in [4.78, 5) is 22.5. The van der Waals surface area contributed by atoms with E-state index < -0.39 is 0 Å². The molecule has 1 aliphatic heterocycles. The summed E-state index contributed by atoms with van der Waals surface area (Å²) >= 11 is 0. The monoisotopic (exact) mass is 214 g/mol. The first-order valence-corrected chi connectivity index (χ1v) is 5.49. The highest BCUT2D eigenvalue weighted by molar-refractivity contribution is 5.74. The molecule has 86 valence electrons. The van der Waals surface area contributed by atoms with Crippen LogP contribution in [0.4, 0.5) is 0 Å². The van der Waals surface area contributed by atoms with E-state index in [0.29, 0.717) is 19.6 Å². The Balaban J connectivity index is 2.38. The normalized spacial score (nSPS) is 25.9. The van der Waals surface area contributed by atoms with Gasteiger partial charge in [0.25, 0.3) is 0 Å². The molecule has 0 aliphatic carbocycles. The van der Waals surface area contributed by atoms with E-state index >= 15 is 0 Å². The maximum atomic E-state index is 11.2. The molecule has 1 unspecified atom stereocenters. The second-order valence-corrected chi connectivity index (χ2v) is 3.85. The molecule has 4 nitrogen and oxygen atoms in total. The number of esters is 2. The Morgan fingerprint density at radius 2 is 2.27 bits per heavy atom. The lowest BCUT2D eigenvalue weighted by molar-refractivity contribution is -0.159. The fourth-order valence-corrected chi connectivity index (χ4v) is 1.82. The Hall–Kier alpha value is -1.06. The van der Waals surface area contributed by atoms with E-state index in [2.05, 4.69) is 0 Å². The number of ether oxygens (including phenoxy) is 2. The second-order valence-electron chi connectivity index (χ2n) is 3.85. The molecule has 1 heterocycles. The summed E-state index contributed by atoms with van der Waals surface area (Å²) in [7, 11) is 0. The van der Waals surface area contributed by atoms with Crippen molar-refractivity contribution in [2.45, 2.75) is 33.1 Å². The zero-order valence-electron chi connectivity index (χ0n) is 9.32. The van der Waals surface area contributed by atoms with Gasteiger partial charge in [0.2, 0.25) is 0 Å². The van der Waals surface area contributed by atoms with Gasteiger partial charge in [-0.05, 0) is 19.8 Å². The molecule has 0 bridgehead atoms. The smallest absolute Gasteiger partial charge is 0.308 e. The molecule has 0 spiro atoms. The number of carbonyl (C=O) groups is 2. The van der Waals surface area contributed by atoms with Crippen LogP contribution in [0.5, 0.6) is 0 Å². The highest BCUT2D eigenvalue weighted by Crippen LogP contribution is 2.25. The first-order valence-electron chi connectivity index (χ1n) is 5.49. The summed E-state index contributed by atoms with van der Waals surface area (Å²) in [6, 6.07) is 0. The van der Waals surface area contributed by atoms with Gasteiger partial charge in [-0.3, -0.25) is 9.59 Å². The van der Waals surface area contributed by atoms with Crippen LogP contribution >= 0.6 is 0 Å². The van der Waals surface area contributed by atoms with Crippen LogP contribution in [0.3, 0.4) is 0 Å². The average Bonchev–Trinajstić information content (AvgIpc) is 2.21. The van der Waals surface area contributed by atoms with Crippen molar-refractivity contribution in [1.29, 1.82) is 0 Å². The third kappa shape index (κ3) is 3.53. The van der Waals surface area contributed by atoms with Gasteiger partial charge < -0.3 is 9.47 Å². The van der Waals surface area contributed by atoms with Crippen LogP contribution in [-0.2, 0) is 19.1 Å². The van der Waals surface area contributed by atoms with E-state index in [1.807, 2.05) is 6.92 Å². The summed E-state index contributed by atoms with van der Waals surface area (Å²) in [5, 5.41) is 0. The van der Waals surface area contributed by atoms with Crippen LogP contribution in [0.1, 0.15) is 33.1 Å². The minimum absolute atomic E-state index is 0.0434. The van der Waals surface area contributed by atoms with E-state index in [1.54, 1.807) is 6.92 Å². The number of hydrogen-bond acceptors (Lipinski definition) is 4. The summed E-state index contributed by atoms with van der Waals surface area (Å²) in [5.74, 6) is -0.238. The van der Waals surface area contributed by atoms with E-state index in [9.17, 15) is 9.59 Å². The van der Waals surface area contributed by atoms with Gasteiger partial charge >= 0.3 is 11.9 Å². The molecule has 1 fully saturated rings. The van der Waals surface area contributed by atoms with Crippen molar-refractivity contribution in [3.05, 3.63) is 0 Å². The molecule has 0 aromatic carbocycles. The van der Waals surface area contributed by atoms with Gasteiger partial charge in [0.05, 0.1) is 25.6 Å². The molecule has 0 N–H and O–H groups in total. The maximum absolute atomic E-state index is 11.2. The van der Waals surface area contributed by atoms with Crippen LogP contribution < -0.4 is 0 Å². The van der Waals surface area contributed by atoms with Gasteiger partial charge in [-0.25, -0.2) is 0 Å². The Bertz CT molecular complexity index is 237.